The predicted molar refractivity (Wildman–Crippen MR) is 145 cm³/mol. The third-order valence-corrected chi connectivity index (χ3v) is 7.96. The van der Waals surface area contributed by atoms with E-state index in [0.717, 1.165) is 5.69 Å². The lowest BCUT2D eigenvalue weighted by Gasteiger charge is -2.31. The van der Waals surface area contributed by atoms with Gasteiger partial charge in [-0.2, -0.15) is 9.41 Å². The highest BCUT2D eigenvalue weighted by molar-refractivity contribution is 7.89. The van der Waals surface area contributed by atoms with Gasteiger partial charge in [0.15, 0.2) is 16.6 Å². The maximum absolute atomic E-state index is 13.3. The summed E-state index contributed by atoms with van der Waals surface area (Å²) in [5.74, 6) is 0.338. The molecular formula is C24H31N5O6S2. The summed E-state index contributed by atoms with van der Waals surface area (Å²) in [5.41, 5.74) is 4.52. The molecule has 3 N–H and O–H groups in total. The van der Waals surface area contributed by atoms with Gasteiger partial charge in [-0.3, -0.25) is 5.43 Å². The van der Waals surface area contributed by atoms with E-state index in [1.165, 1.54) is 10.5 Å². The Bertz CT molecular complexity index is 1230. The molecule has 0 aromatic heterocycles. The Balaban J connectivity index is 1.53. The van der Waals surface area contributed by atoms with E-state index in [1.807, 2.05) is 6.92 Å². The fourth-order valence-corrected chi connectivity index (χ4v) is 5.62. The van der Waals surface area contributed by atoms with Crippen molar-refractivity contribution in [1.82, 2.24) is 9.73 Å². The first-order valence-corrected chi connectivity index (χ1v) is 13.8. The Morgan fingerprint density at radius 2 is 1.84 bits per heavy atom. The first-order chi connectivity index (χ1) is 17.9. The molecule has 0 radical (unpaired) electrons. The minimum absolute atomic E-state index is 0.0237. The summed E-state index contributed by atoms with van der Waals surface area (Å²) >= 11 is 5.43. The highest BCUT2D eigenvalue weighted by atomic mass is 32.2. The molecule has 4 rings (SSSR count). The number of ether oxygens (including phenoxy) is 3. The van der Waals surface area contributed by atoms with Gasteiger partial charge in [0, 0.05) is 31.7 Å². The smallest absolute Gasteiger partial charge is 0.243 e. The summed E-state index contributed by atoms with van der Waals surface area (Å²) in [6.45, 7) is 6.08. The van der Waals surface area contributed by atoms with Crippen molar-refractivity contribution in [3.8, 4) is 11.5 Å². The summed E-state index contributed by atoms with van der Waals surface area (Å²) in [6, 6.07) is 10.1. The van der Waals surface area contributed by atoms with Crippen LogP contribution in [0.5, 0.6) is 11.5 Å². The SMILES string of the molecule is CCOc1cccc(C=NNC(=S)Nc2cc(S(=O)(=O)N3CCOCC3)ccc2N2CCOCC2)c1O. The van der Waals surface area contributed by atoms with E-state index < -0.39 is 10.0 Å². The second-order valence-electron chi connectivity index (χ2n) is 8.25. The van der Waals surface area contributed by atoms with Gasteiger partial charge in [0.25, 0.3) is 0 Å². The molecule has 2 aliphatic rings. The standard InChI is InChI=1S/C24H31N5O6S2/c1-2-35-22-5-3-4-18(23(22)30)17-25-27-24(36)26-20-16-19(37(31,32)29-10-14-34-15-11-29)6-7-21(20)28-8-12-33-13-9-28/h3-7,16-17,30H,2,8-15H2,1H3,(H2,26,27,36). The van der Waals surface area contributed by atoms with Crippen LogP contribution in [-0.2, 0) is 19.5 Å². The normalized spacial score (nSPS) is 17.1. The number of benzene rings is 2. The predicted octanol–water partition coefficient (Wildman–Crippen LogP) is 1.97. The van der Waals surface area contributed by atoms with Gasteiger partial charge in [-0.1, -0.05) is 6.07 Å². The maximum atomic E-state index is 13.3. The van der Waals surface area contributed by atoms with Gasteiger partial charge < -0.3 is 29.5 Å². The highest BCUT2D eigenvalue weighted by Gasteiger charge is 2.28. The van der Waals surface area contributed by atoms with Crippen molar-refractivity contribution in [3.63, 3.8) is 0 Å². The molecule has 13 heteroatoms. The summed E-state index contributed by atoms with van der Waals surface area (Å²) in [4.78, 5) is 2.28. The first-order valence-electron chi connectivity index (χ1n) is 12.0. The third-order valence-electron chi connectivity index (χ3n) is 5.88. The highest BCUT2D eigenvalue weighted by Crippen LogP contribution is 2.31. The maximum Gasteiger partial charge on any atom is 0.243 e. The van der Waals surface area contributed by atoms with Gasteiger partial charge in [-0.15, -0.1) is 0 Å². The molecule has 0 spiro atoms. The van der Waals surface area contributed by atoms with Crippen LogP contribution in [0.4, 0.5) is 11.4 Å². The number of anilines is 2. The van der Waals surface area contributed by atoms with E-state index >= 15 is 0 Å². The zero-order valence-electron chi connectivity index (χ0n) is 20.6. The van der Waals surface area contributed by atoms with E-state index in [4.69, 9.17) is 26.4 Å². The molecule has 0 atom stereocenters. The number of nitrogens with one attached hydrogen (secondary N) is 2. The number of morpholine rings is 2. The Morgan fingerprint density at radius 3 is 2.54 bits per heavy atom. The van der Waals surface area contributed by atoms with Crippen LogP contribution >= 0.6 is 12.2 Å². The van der Waals surface area contributed by atoms with Crippen molar-refractivity contribution in [2.75, 3.05) is 69.4 Å². The lowest BCUT2D eigenvalue weighted by atomic mass is 10.2. The molecule has 2 heterocycles. The fourth-order valence-electron chi connectivity index (χ4n) is 4.02. The van der Waals surface area contributed by atoms with Crippen molar-refractivity contribution in [2.24, 2.45) is 5.10 Å². The average molecular weight is 550 g/mol. The molecular weight excluding hydrogens is 518 g/mol. The Kier molecular flexibility index (Phi) is 9.16. The monoisotopic (exact) mass is 549 g/mol. The number of nitrogens with zero attached hydrogens (tertiary/aromatic N) is 3. The summed E-state index contributed by atoms with van der Waals surface area (Å²) in [6.07, 6.45) is 1.42. The Labute approximate surface area is 222 Å². The number of para-hydroxylation sites is 1. The number of hydrogen-bond donors (Lipinski definition) is 3. The molecule has 0 saturated carbocycles. The lowest BCUT2D eigenvalue weighted by molar-refractivity contribution is 0.0730. The first kappa shape index (κ1) is 27.1. The number of phenolic OH excluding ortho intramolecular Hbond substituents is 1. The molecule has 2 fully saturated rings. The molecule has 2 aromatic carbocycles. The van der Waals surface area contributed by atoms with Gasteiger partial charge in [0.2, 0.25) is 10.0 Å². The molecule has 0 amide bonds. The van der Waals surface area contributed by atoms with E-state index in [9.17, 15) is 13.5 Å². The van der Waals surface area contributed by atoms with E-state index in [2.05, 4.69) is 20.7 Å². The van der Waals surface area contributed by atoms with E-state index in [-0.39, 0.29) is 15.8 Å². The van der Waals surface area contributed by atoms with Crippen LogP contribution in [0.25, 0.3) is 0 Å². The molecule has 2 aromatic rings. The van der Waals surface area contributed by atoms with Gasteiger partial charge in [-0.05, 0) is 49.5 Å². The third kappa shape index (κ3) is 6.67. The van der Waals surface area contributed by atoms with Gasteiger partial charge in [-0.25, -0.2) is 8.42 Å². The van der Waals surface area contributed by atoms with Crippen LogP contribution in [0.1, 0.15) is 12.5 Å². The minimum Gasteiger partial charge on any atom is -0.504 e. The van der Waals surface area contributed by atoms with Crippen LogP contribution in [-0.4, -0.2) is 88.4 Å². The molecule has 0 unspecified atom stereocenters. The van der Waals surface area contributed by atoms with E-state index in [1.54, 1.807) is 36.4 Å². The van der Waals surface area contributed by atoms with Crippen molar-refractivity contribution in [1.29, 1.82) is 0 Å². The zero-order valence-corrected chi connectivity index (χ0v) is 22.2. The second kappa shape index (κ2) is 12.5. The zero-order chi connectivity index (χ0) is 26.3. The Hall–Kier alpha value is -2.97. The van der Waals surface area contributed by atoms with Crippen LogP contribution in [0.15, 0.2) is 46.4 Å². The van der Waals surface area contributed by atoms with Crippen LogP contribution in [0.3, 0.4) is 0 Å². The number of phenols is 1. The molecule has 200 valence electrons. The number of aromatic hydroxyl groups is 1. The summed E-state index contributed by atoms with van der Waals surface area (Å²) in [5, 5.41) is 17.7. The van der Waals surface area contributed by atoms with Crippen molar-refractivity contribution in [3.05, 3.63) is 42.0 Å². The molecule has 0 aliphatic carbocycles. The van der Waals surface area contributed by atoms with Crippen molar-refractivity contribution in [2.45, 2.75) is 11.8 Å². The van der Waals surface area contributed by atoms with Crippen molar-refractivity contribution >= 4 is 44.9 Å². The topological polar surface area (TPSA) is 125 Å². The van der Waals surface area contributed by atoms with E-state index in [0.29, 0.717) is 76.2 Å². The number of thiocarbonyl (C=S) groups is 1. The van der Waals surface area contributed by atoms with Crippen LogP contribution in [0.2, 0.25) is 0 Å². The largest absolute Gasteiger partial charge is 0.504 e. The lowest BCUT2D eigenvalue weighted by Crippen LogP contribution is -2.40. The van der Waals surface area contributed by atoms with Crippen LogP contribution < -0.4 is 20.4 Å². The Morgan fingerprint density at radius 1 is 1.14 bits per heavy atom. The minimum atomic E-state index is -3.70. The quantitative estimate of drug-likeness (QED) is 0.256. The average Bonchev–Trinajstić information content (AvgIpc) is 2.92. The molecule has 2 saturated heterocycles. The molecule has 11 nitrogen and oxygen atoms in total. The number of sulfonamides is 1. The van der Waals surface area contributed by atoms with Gasteiger partial charge in [0.1, 0.15) is 0 Å². The fraction of sp³-hybridized carbons (Fsp3) is 0.417. The summed E-state index contributed by atoms with van der Waals surface area (Å²) < 4.78 is 44.1. The van der Waals surface area contributed by atoms with Gasteiger partial charge in [0.05, 0.1) is 55.5 Å². The van der Waals surface area contributed by atoms with Gasteiger partial charge >= 0.3 is 0 Å². The molecule has 0 bridgehead atoms. The number of rotatable bonds is 8. The van der Waals surface area contributed by atoms with Crippen molar-refractivity contribution < 1.29 is 27.7 Å². The second-order valence-corrected chi connectivity index (χ2v) is 10.6. The molecule has 37 heavy (non-hydrogen) atoms. The number of hydrogen-bond acceptors (Lipinski definition) is 9. The molecule has 2 aliphatic heterocycles. The van der Waals surface area contributed by atoms with Crippen LogP contribution in [0, 0.1) is 0 Å². The summed E-state index contributed by atoms with van der Waals surface area (Å²) in [7, 11) is -3.70. The number of hydrazone groups is 1.